The lowest BCUT2D eigenvalue weighted by Crippen LogP contribution is -2.34. The molecule has 2 aromatic carbocycles. The Morgan fingerprint density at radius 1 is 1.22 bits per heavy atom. The predicted octanol–water partition coefficient (Wildman–Crippen LogP) is 5.42. The number of rotatable bonds is 8. The van der Waals surface area contributed by atoms with Crippen LogP contribution in [0, 0.1) is 6.92 Å². The van der Waals surface area contributed by atoms with Crippen molar-refractivity contribution < 1.29 is 32.5 Å². The lowest BCUT2D eigenvalue weighted by Gasteiger charge is -2.21. The lowest BCUT2D eigenvalue weighted by atomic mass is 10.0. The Hall–Kier alpha value is -3.45. The molecule has 1 saturated heterocycles. The summed E-state index contributed by atoms with van der Waals surface area (Å²) in [4.78, 5) is 22.5. The van der Waals surface area contributed by atoms with Gasteiger partial charge in [-0.05, 0) is 62.7 Å². The summed E-state index contributed by atoms with van der Waals surface area (Å²) >= 11 is 6.49. The van der Waals surface area contributed by atoms with Gasteiger partial charge in [0.15, 0.2) is 5.78 Å². The van der Waals surface area contributed by atoms with E-state index in [0.717, 1.165) is 30.6 Å². The first-order valence-electron chi connectivity index (χ1n) is 13.0. The number of aliphatic hydroxyl groups is 1. The standard InChI is InChI=1S/C28H29ClF3N5O4/c1-14-4-7-22(24-16(14)5-6-21(24)38)41-26-18(28(30,31)32)12-33-27(36-26)35-20-11-19(29)17(10-23(20)40-3)25(39)34-15-8-9-37(2)13-15/h4,7,10-12,15,25,34,39H,5-6,8-9,13H2,1-3H3,(H,33,35,36)/t15-,25?/m1/s1. The number of aryl methyl sites for hydroxylation is 1. The van der Waals surface area contributed by atoms with Gasteiger partial charge in [0.05, 0.1) is 23.4 Å². The van der Waals surface area contributed by atoms with E-state index in [1.54, 1.807) is 6.07 Å². The van der Waals surface area contributed by atoms with Gasteiger partial charge >= 0.3 is 6.18 Å². The van der Waals surface area contributed by atoms with Crippen LogP contribution in [0.3, 0.4) is 0 Å². The number of hydrogen-bond acceptors (Lipinski definition) is 9. The highest BCUT2D eigenvalue weighted by Crippen LogP contribution is 2.41. The number of carbonyl (C=O) groups is 1. The zero-order valence-corrected chi connectivity index (χ0v) is 23.4. The van der Waals surface area contributed by atoms with Gasteiger partial charge in [-0.25, -0.2) is 4.98 Å². The fraction of sp³-hybridized carbons (Fsp3) is 0.393. The van der Waals surface area contributed by atoms with E-state index in [2.05, 4.69) is 25.5 Å². The molecule has 3 aromatic rings. The van der Waals surface area contributed by atoms with Gasteiger partial charge in [0.2, 0.25) is 11.8 Å². The highest BCUT2D eigenvalue weighted by atomic mass is 35.5. The number of nitrogens with zero attached hydrogens (tertiary/aromatic N) is 3. The first-order chi connectivity index (χ1) is 19.4. The van der Waals surface area contributed by atoms with Crippen LogP contribution in [0.1, 0.15) is 51.7 Å². The third-order valence-corrected chi connectivity index (χ3v) is 7.63. The Bertz CT molecular complexity index is 1490. The number of aromatic nitrogens is 2. The van der Waals surface area contributed by atoms with Crippen LogP contribution in [0.5, 0.6) is 17.4 Å². The molecule has 5 rings (SSSR count). The molecular formula is C28H29ClF3N5O4. The number of halogens is 4. The summed E-state index contributed by atoms with van der Waals surface area (Å²) in [7, 11) is 3.40. The Kier molecular flexibility index (Phi) is 8.11. The highest BCUT2D eigenvalue weighted by molar-refractivity contribution is 6.31. The van der Waals surface area contributed by atoms with Crippen LogP contribution in [-0.4, -0.2) is 59.0 Å². The van der Waals surface area contributed by atoms with Crippen LogP contribution in [0.4, 0.5) is 24.8 Å². The van der Waals surface area contributed by atoms with Crippen molar-refractivity contribution in [1.29, 1.82) is 0 Å². The molecule has 9 nitrogen and oxygen atoms in total. The molecule has 41 heavy (non-hydrogen) atoms. The number of Topliss-reactive ketones (excluding diaryl/α,β-unsaturated/α-hetero) is 1. The number of likely N-dealkylation sites (N-methyl/N-ethyl adjacent to an activating group) is 1. The zero-order chi connectivity index (χ0) is 29.5. The van der Waals surface area contributed by atoms with Gasteiger partial charge in [0.1, 0.15) is 23.3 Å². The summed E-state index contributed by atoms with van der Waals surface area (Å²) in [5, 5.41) is 16.9. The molecule has 1 aliphatic carbocycles. The first-order valence-corrected chi connectivity index (χ1v) is 13.4. The normalized spacial score (nSPS) is 18.0. The van der Waals surface area contributed by atoms with Gasteiger partial charge in [-0.15, -0.1) is 0 Å². The molecule has 2 atom stereocenters. The molecule has 218 valence electrons. The van der Waals surface area contributed by atoms with E-state index in [9.17, 15) is 23.1 Å². The molecule has 2 heterocycles. The average Bonchev–Trinajstić information content (AvgIpc) is 3.50. The smallest absolute Gasteiger partial charge is 0.423 e. The molecule has 1 fully saturated rings. The van der Waals surface area contributed by atoms with E-state index >= 15 is 0 Å². The number of ether oxygens (including phenoxy) is 2. The van der Waals surface area contributed by atoms with Crippen LogP contribution < -0.4 is 20.1 Å². The minimum Gasteiger partial charge on any atom is -0.495 e. The van der Waals surface area contributed by atoms with Gasteiger partial charge in [-0.1, -0.05) is 17.7 Å². The molecule has 0 radical (unpaired) electrons. The molecule has 2 aliphatic rings. The van der Waals surface area contributed by atoms with Crippen molar-refractivity contribution >= 4 is 29.0 Å². The van der Waals surface area contributed by atoms with E-state index in [1.165, 1.54) is 25.3 Å². The molecule has 3 N–H and O–H groups in total. The van der Waals surface area contributed by atoms with Crippen LogP contribution in [-0.2, 0) is 12.6 Å². The number of aliphatic hydroxyl groups excluding tert-OH is 1. The third-order valence-electron chi connectivity index (χ3n) is 7.30. The number of methoxy groups -OCH3 is 1. The molecule has 1 aliphatic heterocycles. The van der Waals surface area contributed by atoms with Crippen molar-refractivity contribution in [3.8, 4) is 17.4 Å². The molecule has 0 saturated carbocycles. The molecule has 1 unspecified atom stereocenters. The average molecular weight is 592 g/mol. The molecule has 13 heteroatoms. The second-order valence-corrected chi connectivity index (χ2v) is 10.6. The van der Waals surface area contributed by atoms with E-state index in [0.29, 0.717) is 18.2 Å². The van der Waals surface area contributed by atoms with E-state index in [-0.39, 0.29) is 52.0 Å². The quantitative estimate of drug-likeness (QED) is 0.296. The van der Waals surface area contributed by atoms with E-state index in [1.807, 2.05) is 14.0 Å². The monoisotopic (exact) mass is 591 g/mol. The van der Waals surface area contributed by atoms with Crippen LogP contribution in [0.25, 0.3) is 0 Å². The van der Waals surface area contributed by atoms with Crippen molar-refractivity contribution in [3.63, 3.8) is 0 Å². The predicted molar refractivity (Wildman–Crippen MR) is 146 cm³/mol. The number of ketones is 1. The van der Waals surface area contributed by atoms with Crippen molar-refractivity contribution in [2.75, 3.05) is 32.6 Å². The van der Waals surface area contributed by atoms with Crippen LogP contribution >= 0.6 is 11.6 Å². The van der Waals surface area contributed by atoms with Gasteiger partial charge in [-0.3, -0.25) is 10.1 Å². The number of hydrogen-bond donors (Lipinski definition) is 3. The second-order valence-electron chi connectivity index (χ2n) is 10.2. The fourth-order valence-corrected chi connectivity index (χ4v) is 5.43. The number of likely N-dealkylation sites (tertiary alicyclic amines) is 1. The molecule has 0 amide bonds. The van der Waals surface area contributed by atoms with Crippen LogP contribution in [0.15, 0.2) is 30.5 Å². The highest BCUT2D eigenvalue weighted by Gasteiger charge is 2.37. The largest absolute Gasteiger partial charge is 0.495 e. The third kappa shape index (κ3) is 6.10. The second kappa shape index (κ2) is 11.4. The van der Waals surface area contributed by atoms with Crippen LogP contribution in [0.2, 0.25) is 5.02 Å². The number of benzene rings is 2. The lowest BCUT2D eigenvalue weighted by molar-refractivity contribution is -0.139. The summed E-state index contributed by atoms with van der Waals surface area (Å²) in [6.45, 7) is 3.52. The van der Waals surface area contributed by atoms with Gasteiger partial charge in [-0.2, -0.15) is 18.2 Å². The SMILES string of the molecule is COc1cc(C(O)N[C@@H]2CCN(C)C2)c(Cl)cc1Nc1ncc(C(F)(F)F)c(Oc2ccc(C)c3c2C(=O)CC3)n1. The van der Waals surface area contributed by atoms with Crippen molar-refractivity contribution in [2.45, 2.75) is 44.6 Å². The number of carbonyl (C=O) groups excluding carboxylic acids is 1. The molecule has 0 bridgehead atoms. The first kappa shape index (κ1) is 29.1. The van der Waals surface area contributed by atoms with Crippen molar-refractivity contribution in [1.82, 2.24) is 20.2 Å². The van der Waals surface area contributed by atoms with Crippen molar-refractivity contribution in [2.24, 2.45) is 0 Å². The zero-order valence-electron chi connectivity index (χ0n) is 22.6. The summed E-state index contributed by atoms with van der Waals surface area (Å²) in [6, 6.07) is 6.25. The van der Waals surface area contributed by atoms with E-state index < -0.39 is 23.8 Å². The Labute approximate surface area is 239 Å². The number of fused-ring (bicyclic) bond motifs is 1. The molecular weight excluding hydrogens is 563 g/mol. The number of anilines is 2. The summed E-state index contributed by atoms with van der Waals surface area (Å²) in [6.07, 6.45) is -3.64. The molecule has 1 aromatic heterocycles. The van der Waals surface area contributed by atoms with Crippen molar-refractivity contribution in [3.05, 3.63) is 63.3 Å². The van der Waals surface area contributed by atoms with E-state index in [4.69, 9.17) is 21.1 Å². The maximum Gasteiger partial charge on any atom is 0.423 e. The Morgan fingerprint density at radius 2 is 2.00 bits per heavy atom. The summed E-state index contributed by atoms with van der Waals surface area (Å²) < 4.78 is 52.7. The Morgan fingerprint density at radius 3 is 2.68 bits per heavy atom. The minimum absolute atomic E-state index is 0.00294. The van der Waals surface area contributed by atoms with Gasteiger partial charge < -0.3 is 24.8 Å². The Balaban J connectivity index is 1.44. The number of nitrogens with one attached hydrogen (secondary N) is 2. The topological polar surface area (TPSA) is 109 Å². The summed E-state index contributed by atoms with van der Waals surface area (Å²) in [5.41, 5.74) is 1.32. The minimum atomic E-state index is -4.81. The fourth-order valence-electron chi connectivity index (χ4n) is 5.16. The maximum absolute atomic E-state index is 13.9. The number of alkyl halides is 3. The van der Waals surface area contributed by atoms with Gasteiger partial charge in [0.25, 0.3) is 0 Å². The summed E-state index contributed by atoms with van der Waals surface area (Å²) in [5.74, 6) is -0.929. The van der Waals surface area contributed by atoms with Gasteiger partial charge in [0, 0.05) is 30.8 Å². The molecule has 0 spiro atoms. The maximum atomic E-state index is 13.9.